The Labute approximate surface area is 120 Å². The molecule has 0 unspecified atom stereocenters. The normalized spacial score (nSPS) is 13.9. The highest BCUT2D eigenvalue weighted by molar-refractivity contribution is 7.99. The molecular weight excluding hydrogens is 284 g/mol. The zero-order valence-electron chi connectivity index (χ0n) is 10.0. The van der Waals surface area contributed by atoms with Gasteiger partial charge >= 0.3 is 0 Å². The van der Waals surface area contributed by atoms with Gasteiger partial charge in [-0.05, 0) is 18.2 Å². The molecule has 2 aromatic rings. The molecule has 3 rings (SSSR count). The lowest BCUT2D eigenvalue weighted by molar-refractivity contribution is 0.297. The summed E-state index contributed by atoms with van der Waals surface area (Å²) in [6.45, 7) is 1.37. The summed E-state index contributed by atoms with van der Waals surface area (Å²) in [5, 5.41) is 1.14. The predicted molar refractivity (Wildman–Crippen MR) is 73.2 cm³/mol. The van der Waals surface area contributed by atoms with Crippen molar-refractivity contribution in [3.63, 3.8) is 0 Å². The van der Waals surface area contributed by atoms with Gasteiger partial charge in [-0.1, -0.05) is 23.4 Å². The van der Waals surface area contributed by atoms with Crippen LogP contribution >= 0.6 is 23.4 Å². The van der Waals surface area contributed by atoms with Crippen molar-refractivity contribution in [2.75, 3.05) is 13.2 Å². The Morgan fingerprint density at radius 1 is 1.11 bits per heavy atom. The fourth-order valence-electron chi connectivity index (χ4n) is 1.70. The molecule has 0 bridgehead atoms. The van der Waals surface area contributed by atoms with Gasteiger partial charge in [0.1, 0.15) is 10.2 Å². The Morgan fingerprint density at radius 2 is 1.95 bits per heavy atom. The molecule has 0 radical (unpaired) electrons. The van der Waals surface area contributed by atoms with Gasteiger partial charge in [0.2, 0.25) is 0 Å². The van der Waals surface area contributed by atoms with Gasteiger partial charge in [0.05, 0.1) is 25.6 Å². The van der Waals surface area contributed by atoms with E-state index in [9.17, 15) is 0 Å². The molecule has 0 amide bonds. The summed E-state index contributed by atoms with van der Waals surface area (Å²) >= 11 is 7.30. The van der Waals surface area contributed by atoms with Crippen LogP contribution in [0.15, 0.2) is 40.5 Å². The Balaban J connectivity index is 1.84. The van der Waals surface area contributed by atoms with Crippen LogP contribution < -0.4 is 9.47 Å². The highest BCUT2D eigenvalue weighted by Crippen LogP contribution is 2.35. The van der Waals surface area contributed by atoms with Crippen LogP contribution in [0.1, 0.15) is 6.42 Å². The summed E-state index contributed by atoms with van der Waals surface area (Å²) < 4.78 is 11.2. The summed E-state index contributed by atoms with van der Waals surface area (Å²) in [6, 6.07) is 5.84. The average Bonchev–Trinajstić information content (AvgIpc) is 2.63. The van der Waals surface area contributed by atoms with Crippen LogP contribution in [0, 0.1) is 0 Å². The number of ether oxygens (including phenoxy) is 2. The summed E-state index contributed by atoms with van der Waals surface area (Å²) in [5.41, 5.74) is 0. The molecule has 98 valence electrons. The van der Waals surface area contributed by atoms with Crippen molar-refractivity contribution in [3.05, 3.63) is 35.7 Å². The largest absolute Gasteiger partial charge is 0.490 e. The maximum Gasteiger partial charge on any atom is 0.162 e. The molecule has 0 saturated heterocycles. The fraction of sp³-hybridized carbons (Fsp3) is 0.231. The number of aromatic nitrogens is 2. The number of benzene rings is 1. The highest BCUT2D eigenvalue weighted by atomic mass is 35.5. The summed E-state index contributed by atoms with van der Waals surface area (Å²) in [6.07, 6.45) is 4.09. The standard InChI is InChI=1S/C13H11ClN2O2S/c14-12-7-15-8-13(16-12)19-9-2-3-10-11(6-9)18-5-1-4-17-10/h2-3,6-8H,1,4-5H2. The third-order valence-corrected chi connectivity index (χ3v) is 3.60. The second-order valence-electron chi connectivity index (χ2n) is 3.94. The molecule has 2 heterocycles. The van der Waals surface area contributed by atoms with Crippen LogP contribution in [0.25, 0.3) is 0 Å². The monoisotopic (exact) mass is 294 g/mol. The first-order valence-corrected chi connectivity index (χ1v) is 7.06. The van der Waals surface area contributed by atoms with Gasteiger partial charge in [-0.15, -0.1) is 0 Å². The van der Waals surface area contributed by atoms with Crippen molar-refractivity contribution in [1.82, 2.24) is 9.97 Å². The Hall–Kier alpha value is -1.46. The van der Waals surface area contributed by atoms with Crippen molar-refractivity contribution < 1.29 is 9.47 Å². The number of hydrogen-bond donors (Lipinski definition) is 0. The molecule has 1 aliphatic rings. The van der Waals surface area contributed by atoms with Crippen LogP contribution in [0.4, 0.5) is 0 Å². The minimum Gasteiger partial charge on any atom is -0.490 e. The molecule has 19 heavy (non-hydrogen) atoms. The first kappa shape index (κ1) is 12.6. The maximum atomic E-state index is 5.82. The van der Waals surface area contributed by atoms with Crippen molar-refractivity contribution in [2.24, 2.45) is 0 Å². The van der Waals surface area contributed by atoms with E-state index in [1.165, 1.54) is 18.0 Å². The van der Waals surface area contributed by atoms with Crippen molar-refractivity contribution in [2.45, 2.75) is 16.3 Å². The molecule has 0 fully saturated rings. The minimum atomic E-state index is 0.388. The van der Waals surface area contributed by atoms with Crippen LogP contribution in [0.5, 0.6) is 11.5 Å². The lowest BCUT2D eigenvalue weighted by Gasteiger charge is -2.08. The van der Waals surface area contributed by atoms with E-state index in [1.54, 1.807) is 6.20 Å². The van der Waals surface area contributed by atoms with E-state index in [-0.39, 0.29) is 0 Å². The van der Waals surface area contributed by atoms with Crippen LogP contribution in [-0.2, 0) is 0 Å². The van der Waals surface area contributed by atoms with E-state index in [4.69, 9.17) is 21.1 Å². The quantitative estimate of drug-likeness (QED) is 0.849. The molecule has 1 aromatic carbocycles. The third kappa shape index (κ3) is 3.11. The first-order valence-electron chi connectivity index (χ1n) is 5.86. The molecular formula is C13H11ClN2O2S. The zero-order chi connectivity index (χ0) is 13.1. The number of halogens is 1. The van der Waals surface area contributed by atoms with E-state index < -0.39 is 0 Å². The molecule has 0 aliphatic carbocycles. The van der Waals surface area contributed by atoms with Gasteiger partial charge in [0, 0.05) is 11.3 Å². The van der Waals surface area contributed by atoms with E-state index in [0.29, 0.717) is 18.4 Å². The summed E-state index contributed by atoms with van der Waals surface area (Å²) in [7, 11) is 0. The second-order valence-corrected chi connectivity index (χ2v) is 5.42. The Bertz CT molecular complexity index is 595. The lowest BCUT2D eigenvalue weighted by Crippen LogP contribution is -1.97. The summed E-state index contributed by atoms with van der Waals surface area (Å²) in [4.78, 5) is 9.22. The topological polar surface area (TPSA) is 44.2 Å². The lowest BCUT2D eigenvalue weighted by atomic mass is 10.3. The van der Waals surface area contributed by atoms with Gasteiger partial charge in [0.25, 0.3) is 0 Å². The number of fused-ring (bicyclic) bond motifs is 1. The van der Waals surface area contributed by atoms with Gasteiger partial charge in [-0.2, -0.15) is 0 Å². The smallest absolute Gasteiger partial charge is 0.162 e. The van der Waals surface area contributed by atoms with Gasteiger partial charge in [-0.25, -0.2) is 4.98 Å². The van der Waals surface area contributed by atoms with Crippen LogP contribution in [0.2, 0.25) is 5.15 Å². The Kier molecular flexibility index (Phi) is 3.75. The Morgan fingerprint density at radius 3 is 2.79 bits per heavy atom. The van der Waals surface area contributed by atoms with Gasteiger partial charge < -0.3 is 9.47 Å². The van der Waals surface area contributed by atoms with E-state index in [2.05, 4.69) is 9.97 Å². The molecule has 0 N–H and O–H groups in total. The van der Waals surface area contributed by atoms with E-state index in [0.717, 1.165) is 27.8 Å². The van der Waals surface area contributed by atoms with E-state index in [1.807, 2.05) is 18.2 Å². The van der Waals surface area contributed by atoms with Gasteiger partial charge in [0.15, 0.2) is 11.5 Å². The molecule has 0 saturated carbocycles. The molecule has 6 heteroatoms. The number of nitrogens with zero attached hydrogens (tertiary/aromatic N) is 2. The molecule has 1 aliphatic heterocycles. The number of hydrogen-bond acceptors (Lipinski definition) is 5. The van der Waals surface area contributed by atoms with Crippen LogP contribution in [-0.4, -0.2) is 23.2 Å². The number of rotatable bonds is 2. The average molecular weight is 295 g/mol. The SMILES string of the molecule is Clc1cncc(Sc2ccc3c(c2)OCCCO3)n1. The summed E-state index contributed by atoms with van der Waals surface area (Å²) in [5.74, 6) is 1.57. The van der Waals surface area contributed by atoms with E-state index >= 15 is 0 Å². The third-order valence-electron chi connectivity index (χ3n) is 2.52. The molecule has 1 aromatic heterocycles. The van der Waals surface area contributed by atoms with Crippen molar-refractivity contribution >= 4 is 23.4 Å². The van der Waals surface area contributed by atoms with Gasteiger partial charge in [-0.3, -0.25) is 4.98 Å². The minimum absolute atomic E-state index is 0.388. The van der Waals surface area contributed by atoms with Crippen LogP contribution in [0.3, 0.4) is 0 Å². The predicted octanol–water partition coefficient (Wildman–Crippen LogP) is 3.44. The zero-order valence-corrected chi connectivity index (χ0v) is 11.6. The van der Waals surface area contributed by atoms with Crippen molar-refractivity contribution in [3.8, 4) is 11.5 Å². The second kappa shape index (κ2) is 5.67. The molecule has 4 nitrogen and oxygen atoms in total. The van der Waals surface area contributed by atoms with Crippen molar-refractivity contribution in [1.29, 1.82) is 0 Å². The highest BCUT2D eigenvalue weighted by Gasteiger charge is 2.11. The molecule has 0 atom stereocenters. The fourth-order valence-corrected chi connectivity index (χ4v) is 2.70. The first-order chi connectivity index (χ1) is 9.31. The maximum absolute atomic E-state index is 5.82. The molecule has 0 spiro atoms.